The monoisotopic (exact) mass is 370 g/mol. The minimum absolute atomic E-state index is 0.0620. The summed E-state index contributed by atoms with van der Waals surface area (Å²) in [5, 5.41) is 12.2. The number of aliphatic carboxylic acids is 1. The van der Waals surface area contributed by atoms with Crippen LogP contribution in [0.15, 0.2) is 42.5 Å². The molecule has 0 heterocycles. The molecule has 0 saturated heterocycles. The zero-order valence-electron chi connectivity index (χ0n) is 15.0. The van der Waals surface area contributed by atoms with Crippen molar-refractivity contribution in [3.63, 3.8) is 0 Å². The molecule has 4 N–H and O–H groups in total. The van der Waals surface area contributed by atoms with Gasteiger partial charge in [-0.25, -0.2) is 9.18 Å². The summed E-state index contributed by atoms with van der Waals surface area (Å²) in [4.78, 5) is 24.3. The number of hydrogen-bond donors (Lipinski definition) is 3. The standard InChI is InChI=1S/C21H23FN2O3/c22-16-8-4-7-14(11-16)15-9-10-17(18(23)12-15)20(25)24-19(21(26)27)13-5-2-1-3-6-13/h4,7-13,19H,1-3,5-6,23H2,(H,24,25)(H,26,27)/t19-/m0/s1. The van der Waals surface area contributed by atoms with Gasteiger partial charge in [0.05, 0.1) is 5.56 Å². The summed E-state index contributed by atoms with van der Waals surface area (Å²) in [7, 11) is 0. The Morgan fingerprint density at radius 1 is 1.07 bits per heavy atom. The number of carboxylic acid groups (broad SMARTS) is 1. The van der Waals surface area contributed by atoms with Gasteiger partial charge < -0.3 is 16.2 Å². The molecule has 1 amide bonds. The quantitative estimate of drug-likeness (QED) is 0.697. The fraction of sp³-hybridized carbons (Fsp3) is 0.333. The molecular weight excluding hydrogens is 347 g/mol. The van der Waals surface area contributed by atoms with E-state index in [1.165, 1.54) is 12.1 Å². The van der Waals surface area contributed by atoms with Gasteiger partial charge in [-0.3, -0.25) is 4.79 Å². The van der Waals surface area contributed by atoms with Gasteiger partial charge in [0.25, 0.3) is 5.91 Å². The Labute approximate surface area is 157 Å². The third kappa shape index (κ3) is 4.45. The molecule has 2 aromatic carbocycles. The van der Waals surface area contributed by atoms with Crippen LogP contribution in [0.25, 0.3) is 11.1 Å². The van der Waals surface area contributed by atoms with E-state index in [1.807, 2.05) is 0 Å². The first-order valence-electron chi connectivity index (χ1n) is 9.15. The summed E-state index contributed by atoms with van der Waals surface area (Å²) < 4.78 is 13.4. The molecule has 0 bridgehead atoms. The molecule has 6 heteroatoms. The summed E-state index contributed by atoms with van der Waals surface area (Å²) in [5.74, 6) is -1.95. The van der Waals surface area contributed by atoms with Gasteiger partial charge in [0, 0.05) is 5.69 Å². The minimum atomic E-state index is -1.02. The Bertz CT molecular complexity index is 847. The van der Waals surface area contributed by atoms with E-state index < -0.39 is 17.9 Å². The second-order valence-electron chi connectivity index (χ2n) is 7.00. The first-order valence-corrected chi connectivity index (χ1v) is 9.15. The van der Waals surface area contributed by atoms with Crippen molar-refractivity contribution in [2.45, 2.75) is 38.1 Å². The fourth-order valence-electron chi connectivity index (χ4n) is 3.68. The number of benzene rings is 2. The molecule has 0 radical (unpaired) electrons. The fourth-order valence-corrected chi connectivity index (χ4v) is 3.68. The van der Waals surface area contributed by atoms with Crippen LogP contribution in [0.3, 0.4) is 0 Å². The third-order valence-electron chi connectivity index (χ3n) is 5.13. The van der Waals surface area contributed by atoms with E-state index in [1.54, 1.807) is 30.3 Å². The maximum atomic E-state index is 13.4. The van der Waals surface area contributed by atoms with E-state index in [2.05, 4.69) is 5.32 Å². The number of anilines is 1. The van der Waals surface area contributed by atoms with Crippen molar-refractivity contribution in [1.82, 2.24) is 5.32 Å². The van der Waals surface area contributed by atoms with Crippen LogP contribution in [-0.2, 0) is 4.79 Å². The van der Waals surface area contributed by atoms with Crippen molar-refractivity contribution < 1.29 is 19.1 Å². The number of nitrogens with two attached hydrogens (primary N) is 1. The largest absolute Gasteiger partial charge is 0.480 e. The lowest BCUT2D eigenvalue weighted by Gasteiger charge is -2.28. The van der Waals surface area contributed by atoms with Crippen molar-refractivity contribution in [2.75, 3.05) is 5.73 Å². The number of carbonyl (C=O) groups is 2. The number of nitrogen functional groups attached to an aromatic ring is 1. The lowest BCUT2D eigenvalue weighted by molar-refractivity contribution is -0.141. The molecule has 0 aromatic heterocycles. The van der Waals surface area contributed by atoms with Gasteiger partial charge in [0.2, 0.25) is 0 Å². The molecule has 0 aliphatic heterocycles. The van der Waals surface area contributed by atoms with Gasteiger partial charge >= 0.3 is 5.97 Å². The van der Waals surface area contributed by atoms with Crippen molar-refractivity contribution in [3.05, 3.63) is 53.8 Å². The molecule has 0 unspecified atom stereocenters. The Hall–Kier alpha value is -2.89. The number of nitrogens with one attached hydrogen (secondary N) is 1. The van der Waals surface area contributed by atoms with E-state index >= 15 is 0 Å². The number of rotatable bonds is 5. The topological polar surface area (TPSA) is 92.4 Å². The van der Waals surface area contributed by atoms with Crippen LogP contribution in [0, 0.1) is 11.7 Å². The van der Waals surface area contributed by atoms with Gasteiger partial charge in [-0.15, -0.1) is 0 Å². The van der Waals surface area contributed by atoms with Gasteiger partial charge in [0.15, 0.2) is 0 Å². The normalized spacial score (nSPS) is 15.9. The first-order chi connectivity index (χ1) is 13.0. The maximum Gasteiger partial charge on any atom is 0.326 e. The van der Waals surface area contributed by atoms with Crippen LogP contribution in [0.5, 0.6) is 0 Å². The van der Waals surface area contributed by atoms with E-state index in [9.17, 15) is 19.1 Å². The lowest BCUT2D eigenvalue weighted by atomic mass is 9.83. The number of hydrogen-bond acceptors (Lipinski definition) is 3. The third-order valence-corrected chi connectivity index (χ3v) is 5.13. The molecule has 1 saturated carbocycles. The highest BCUT2D eigenvalue weighted by molar-refractivity contribution is 6.01. The van der Waals surface area contributed by atoms with Gasteiger partial charge in [-0.2, -0.15) is 0 Å². The molecule has 142 valence electrons. The molecule has 27 heavy (non-hydrogen) atoms. The number of amides is 1. The Morgan fingerprint density at radius 2 is 1.78 bits per heavy atom. The van der Waals surface area contributed by atoms with E-state index in [0.29, 0.717) is 11.1 Å². The second-order valence-corrected chi connectivity index (χ2v) is 7.00. The lowest BCUT2D eigenvalue weighted by Crippen LogP contribution is -2.46. The summed E-state index contributed by atoms with van der Waals surface area (Å²) in [6.07, 6.45) is 4.66. The highest BCUT2D eigenvalue weighted by atomic mass is 19.1. The van der Waals surface area contributed by atoms with E-state index in [0.717, 1.165) is 32.1 Å². The highest BCUT2D eigenvalue weighted by Gasteiger charge is 2.31. The molecule has 3 rings (SSSR count). The average molecular weight is 370 g/mol. The van der Waals surface area contributed by atoms with Crippen molar-refractivity contribution in [2.24, 2.45) is 5.92 Å². The smallest absolute Gasteiger partial charge is 0.326 e. The van der Waals surface area contributed by atoms with E-state index in [-0.39, 0.29) is 23.0 Å². The summed E-state index contributed by atoms with van der Waals surface area (Å²) in [5.41, 5.74) is 7.81. The maximum absolute atomic E-state index is 13.4. The van der Waals surface area contributed by atoms with Crippen LogP contribution in [0.4, 0.5) is 10.1 Å². The van der Waals surface area contributed by atoms with Gasteiger partial charge in [-0.05, 0) is 54.2 Å². The van der Waals surface area contributed by atoms with Gasteiger partial charge in [0.1, 0.15) is 11.9 Å². The number of halogens is 1. The van der Waals surface area contributed by atoms with Crippen LogP contribution < -0.4 is 11.1 Å². The molecular formula is C21H23FN2O3. The van der Waals surface area contributed by atoms with Crippen molar-refractivity contribution in [1.29, 1.82) is 0 Å². The Kier molecular flexibility index (Phi) is 5.74. The van der Waals surface area contributed by atoms with E-state index in [4.69, 9.17) is 5.73 Å². The summed E-state index contributed by atoms with van der Waals surface area (Å²) in [6.45, 7) is 0. The van der Waals surface area contributed by atoms with Crippen LogP contribution in [-0.4, -0.2) is 23.0 Å². The molecule has 0 spiro atoms. The van der Waals surface area contributed by atoms with Crippen molar-refractivity contribution in [3.8, 4) is 11.1 Å². The average Bonchev–Trinajstić information content (AvgIpc) is 2.66. The zero-order chi connectivity index (χ0) is 19.4. The molecule has 1 aliphatic carbocycles. The molecule has 1 aliphatic rings. The van der Waals surface area contributed by atoms with Crippen LogP contribution in [0.1, 0.15) is 42.5 Å². The number of carbonyl (C=O) groups excluding carboxylic acids is 1. The molecule has 1 fully saturated rings. The summed E-state index contributed by atoms with van der Waals surface area (Å²) >= 11 is 0. The summed E-state index contributed by atoms with van der Waals surface area (Å²) in [6, 6.07) is 10.00. The Morgan fingerprint density at radius 3 is 2.41 bits per heavy atom. The predicted molar refractivity (Wildman–Crippen MR) is 102 cm³/mol. The Balaban J connectivity index is 1.78. The molecule has 2 aromatic rings. The highest BCUT2D eigenvalue weighted by Crippen LogP contribution is 2.28. The molecule has 1 atom stereocenters. The zero-order valence-corrected chi connectivity index (χ0v) is 15.0. The van der Waals surface area contributed by atoms with Crippen molar-refractivity contribution >= 4 is 17.6 Å². The van der Waals surface area contributed by atoms with Crippen LogP contribution >= 0.6 is 0 Å². The molecule has 5 nitrogen and oxygen atoms in total. The first kappa shape index (κ1) is 18.9. The SMILES string of the molecule is Nc1cc(-c2cccc(F)c2)ccc1C(=O)N[C@H](C(=O)O)C1CCCCC1. The number of carboxylic acids is 1. The van der Waals surface area contributed by atoms with Gasteiger partial charge in [-0.1, -0.05) is 37.5 Å². The minimum Gasteiger partial charge on any atom is -0.480 e. The second kappa shape index (κ2) is 8.20. The predicted octanol–water partition coefficient (Wildman–Crippen LogP) is 3.84. The van der Waals surface area contributed by atoms with Crippen LogP contribution in [0.2, 0.25) is 0 Å².